The van der Waals surface area contributed by atoms with Crippen molar-refractivity contribution < 1.29 is 23.0 Å². The third kappa shape index (κ3) is 4.92. The molecule has 0 saturated heterocycles. The molecule has 0 spiro atoms. The fraction of sp³-hybridized carbons (Fsp3) is 0.267. The second-order valence-electron chi connectivity index (χ2n) is 4.60. The Morgan fingerprint density at radius 1 is 1.14 bits per heavy atom. The molecule has 1 heterocycles. The van der Waals surface area contributed by atoms with Gasteiger partial charge in [0.1, 0.15) is 11.6 Å². The number of hydrogen-bond donors (Lipinski definition) is 2. The van der Waals surface area contributed by atoms with E-state index in [0.29, 0.717) is 12.4 Å². The van der Waals surface area contributed by atoms with E-state index in [1.807, 2.05) is 30.3 Å². The minimum Gasteiger partial charge on any atom is -0.404 e. The lowest BCUT2D eigenvalue weighted by atomic mass is 10.0. The number of benzene rings is 1. The lowest BCUT2D eigenvalue weighted by molar-refractivity contribution is -0.274. The standard InChI is InChI=1S/C15H15F3N2O2/c16-15(17,18)22-13-6-7-14(20-9-13)19-8-12(10-21)11-4-2-1-3-5-11/h1-7,9,12,21H,8,10H2,(H,19,20). The molecule has 0 fully saturated rings. The van der Waals surface area contributed by atoms with E-state index >= 15 is 0 Å². The van der Waals surface area contributed by atoms with Crippen molar-refractivity contribution in [2.75, 3.05) is 18.5 Å². The van der Waals surface area contributed by atoms with E-state index in [9.17, 15) is 18.3 Å². The first kappa shape index (κ1) is 16.1. The Bertz CT molecular complexity index is 574. The summed E-state index contributed by atoms with van der Waals surface area (Å²) >= 11 is 0. The van der Waals surface area contributed by atoms with E-state index in [1.165, 1.54) is 12.1 Å². The Morgan fingerprint density at radius 3 is 2.41 bits per heavy atom. The monoisotopic (exact) mass is 312 g/mol. The van der Waals surface area contributed by atoms with Crippen LogP contribution in [0.4, 0.5) is 19.0 Å². The number of alkyl halides is 3. The predicted octanol–water partition coefficient (Wildman–Crippen LogP) is 3.17. The van der Waals surface area contributed by atoms with Crippen LogP contribution in [0.3, 0.4) is 0 Å². The first-order valence-corrected chi connectivity index (χ1v) is 6.59. The van der Waals surface area contributed by atoms with E-state index < -0.39 is 6.36 Å². The van der Waals surface area contributed by atoms with Gasteiger partial charge < -0.3 is 15.2 Å². The summed E-state index contributed by atoms with van der Waals surface area (Å²) in [7, 11) is 0. The molecule has 0 aliphatic carbocycles. The van der Waals surface area contributed by atoms with E-state index in [-0.39, 0.29) is 18.3 Å². The van der Waals surface area contributed by atoms with Gasteiger partial charge in [-0.15, -0.1) is 13.2 Å². The van der Waals surface area contributed by atoms with Gasteiger partial charge >= 0.3 is 6.36 Å². The van der Waals surface area contributed by atoms with Crippen LogP contribution in [0.2, 0.25) is 0 Å². The summed E-state index contributed by atoms with van der Waals surface area (Å²) in [5.41, 5.74) is 0.967. The molecule has 0 aliphatic heterocycles. The Kier molecular flexibility index (Phi) is 5.21. The first-order chi connectivity index (χ1) is 10.5. The van der Waals surface area contributed by atoms with E-state index in [2.05, 4.69) is 15.0 Å². The summed E-state index contributed by atoms with van der Waals surface area (Å²) < 4.78 is 39.9. The molecular weight excluding hydrogens is 297 g/mol. The maximum absolute atomic E-state index is 12.0. The molecule has 2 aromatic rings. The Morgan fingerprint density at radius 2 is 1.86 bits per heavy atom. The molecule has 7 heteroatoms. The van der Waals surface area contributed by atoms with Crippen molar-refractivity contribution in [1.29, 1.82) is 0 Å². The zero-order chi connectivity index (χ0) is 16.0. The van der Waals surface area contributed by atoms with Gasteiger partial charge in [-0.3, -0.25) is 0 Å². The van der Waals surface area contributed by atoms with Gasteiger partial charge in [0.25, 0.3) is 0 Å². The van der Waals surface area contributed by atoms with Crippen molar-refractivity contribution in [3.8, 4) is 5.75 Å². The second-order valence-corrected chi connectivity index (χ2v) is 4.60. The molecule has 22 heavy (non-hydrogen) atoms. The smallest absolute Gasteiger partial charge is 0.404 e. The van der Waals surface area contributed by atoms with Crippen LogP contribution in [0.15, 0.2) is 48.7 Å². The number of halogens is 3. The number of rotatable bonds is 6. The van der Waals surface area contributed by atoms with Crippen molar-refractivity contribution in [3.63, 3.8) is 0 Å². The number of nitrogens with one attached hydrogen (secondary N) is 1. The number of aromatic nitrogens is 1. The molecule has 0 amide bonds. The van der Waals surface area contributed by atoms with Crippen molar-refractivity contribution in [2.24, 2.45) is 0 Å². The normalized spacial score (nSPS) is 12.7. The molecular formula is C15H15F3N2O2. The van der Waals surface area contributed by atoms with Gasteiger partial charge in [-0.2, -0.15) is 0 Å². The molecule has 0 saturated carbocycles. The number of ether oxygens (including phenoxy) is 1. The third-order valence-corrected chi connectivity index (χ3v) is 2.99. The topological polar surface area (TPSA) is 54.4 Å². The van der Waals surface area contributed by atoms with Gasteiger partial charge in [0.2, 0.25) is 0 Å². The van der Waals surface area contributed by atoms with Crippen LogP contribution >= 0.6 is 0 Å². The summed E-state index contributed by atoms with van der Waals surface area (Å²) in [5.74, 6) is -0.0992. The van der Waals surface area contributed by atoms with E-state index in [1.54, 1.807) is 0 Å². The third-order valence-electron chi connectivity index (χ3n) is 2.99. The van der Waals surface area contributed by atoms with Gasteiger partial charge in [-0.25, -0.2) is 4.98 Å². The number of aliphatic hydroxyl groups excluding tert-OH is 1. The largest absolute Gasteiger partial charge is 0.573 e. The predicted molar refractivity (Wildman–Crippen MR) is 75.7 cm³/mol. The molecule has 0 aliphatic rings. The average molecular weight is 312 g/mol. The zero-order valence-electron chi connectivity index (χ0n) is 11.5. The second kappa shape index (κ2) is 7.13. The van der Waals surface area contributed by atoms with Crippen LogP contribution < -0.4 is 10.1 Å². The molecule has 1 aromatic heterocycles. The summed E-state index contributed by atoms with van der Waals surface area (Å²) in [6.07, 6.45) is -3.74. The SMILES string of the molecule is OCC(CNc1ccc(OC(F)(F)F)cn1)c1ccccc1. The van der Waals surface area contributed by atoms with Crippen molar-refractivity contribution in [3.05, 3.63) is 54.2 Å². The zero-order valence-corrected chi connectivity index (χ0v) is 11.5. The number of anilines is 1. The maximum Gasteiger partial charge on any atom is 0.573 e. The van der Waals surface area contributed by atoms with Crippen LogP contribution in [-0.4, -0.2) is 29.6 Å². The minimum atomic E-state index is -4.73. The maximum atomic E-state index is 12.0. The molecule has 1 atom stereocenters. The van der Waals surface area contributed by atoms with Crippen molar-refractivity contribution >= 4 is 5.82 Å². The van der Waals surface area contributed by atoms with Crippen molar-refractivity contribution in [1.82, 2.24) is 4.98 Å². The average Bonchev–Trinajstić information content (AvgIpc) is 2.49. The van der Waals surface area contributed by atoms with Crippen LogP contribution in [0.1, 0.15) is 11.5 Å². The molecule has 2 N–H and O–H groups in total. The molecule has 118 valence electrons. The molecule has 1 unspecified atom stereocenters. The quantitative estimate of drug-likeness (QED) is 0.860. The number of nitrogens with zero attached hydrogens (tertiary/aromatic N) is 1. The summed E-state index contributed by atoms with van der Waals surface area (Å²) in [4.78, 5) is 3.85. The fourth-order valence-corrected chi connectivity index (χ4v) is 1.92. The van der Waals surface area contributed by atoms with E-state index in [4.69, 9.17) is 0 Å². The molecule has 2 rings (SSSR count). The summed E-state index contributed by atoms with van der Waals surface area (Å²) in [5, 5.41) is 12.4. The van der Waals surface area contributed by atoms with Crippen LogP contribution in [-0.2, 0) is 0 Å². The highest BCUT2D eigenvalue weighted by Gasteiger charge is 2.31. The number of pyridine rings is 1. The van der Waals surface area contributed by atoms with Crippen LogP contribution in [0, 0.1) is 0 Å². The van der Waals surface area contributed by atoms with Crippen molar-refractivity contribution in [2.45, 2.75) is 12.3 Å². The number of hydrogen-bond acceptors (Lipinski definition) is 4. The Balaban J connectivity index is 1.93. The van der Waals surface area contributed by atoms with Gasteiger partial charge in [0, 0.05) is 12.5 Å². The highest BCUT2D eigenvalue weighted by Crippen LogP contribution is 2.23. The Hall–Kier alpha value is -2.28. The first-order valence-electron chi connectivity index (χ1n) is 6.59. The lowest BCUT2D eigenvalue weighted by Crippen LogP contribution is -2.18. The fourth-order valence-electron chi connectivity index (χ4n) is 1.92. The van der Waals surface area contributed by atoms with Gasteiger partial charge in [0.15, 0.2) is 0 Å². The summed E-state index contributed by atoms with van der Waals surface area (Å²) in [6.45, 7) is 0.360. The molecule has 0 radical (unpaired) electrons. The van der Waals surface area contributed by atoms with Gasteiger partial charge in [-0.1, -0.05) is 30.3 Å². The number of aliphatic hydroxyl groups is 1. The Labute approximate surface area is 125 Å². The van der Waals surface area contributed by atoms with Crippen LogP contribution in [0.5, 0.6) is 5.75 Å². The molecule has 0 bridgehead atoms. The van der Waals surface area contributed by atoms with Crippen LogP contribution in [0.25, 0.3) is 0 Å². The van der Waals surface area contributed by atoms with Gasteiger partial charge in [-0.05, 0) is 17.7 Å². The minimum absolute atomic E-state index is 0.0493. The lowest BCUT2D eigenvalue weighted by Gasteiger charge is -2.16. The molecule has 4 nitrogen and oxygen atoms in total. The van der Waals surface area contributed by atoms with Gasteiger partial charge in [0.05, 0.1) is 12.8 Å². The highest BCUT2D eigenvalue weighted by atomic mass is 19.4. The van der Waals surface area contributed by atoms with E-state index in [0.717, 1.165) is 11.8 Å². The highest BCUT2D eigenvalue weighted by molar-refractivity contribution is 5.38. The summed E-state index contributed by atoms with van der Waals surface area (Å²) in [6, 6.07) is 12.0. The molecule has 1 aromatic carbocycles.